The lowest BCUT2D eigenvalue weighted by molar-refractivity contribution is -0.167. The van der Waals surface area contributed by atoms with Crippen LogP contribution in [0.15, 0.2) is 109 Å². The van der Waals surface area contributed by atoms with Crippen molar-refractivity contribution in [2.45, 2.75) is 329 Å². The summed E-state index contributed by atoms with van der Waals surface area (Å²) < 4.78 is 16.9. The molecular formula is C74H126O6. The van der Waals surface area contributed by atoms with Crippen molar-refractivity contribution in [2.75, 3.05) is 13.2 Å². The van der Waals surface area contributed by atoms with Gasteiger partial charge in [-0.2, -0.15) is 0 Å². The number of rotatable bonds is 61. The van der Waals surface area contributed by atoms with E-state index in [-0.39, 0.29) is 31.1 Å². The number of hydrogen-bond acceptors (Lipinski definition) is 6. The molecule has 0 saturated heterocycles. The smallest absolute Gasteiger partial charge is 0.306 e. The molecule has 0 radical (unpaired) electrons. The van der Waals surface area contributed by atoms with Crippen LogP contribution in [-0.4, -0.2) is 37.2 Å². The lowest BCUT2D eigenvalue weighted by Crippen LogP contribution is -2.30. The predicted molar refractivity (Wildman–Crippen MR) is 348 cm³/mol. The van der Waals surface area contributed by atoms with E-state index in [2.05, 4.69) is 130 Å². The number of carbonyl (C=O) groups is 3. The van der Waals surface area contributed by atoms with Gasteiger partial charge in [0.05, 0.1) is 0 Å². The Kier molecular flexibility index (Phi) is 64.3. The summed E-state index contributed by atoms with van der Waals surface area (Å²) >= 11 is 0. The van der Waals surface area contributed by atoms with Crippen molar-refractivity contribution in [3.63, 3.8) is 0 Å². The molecule has 0 aliphatic rings. The monoisotopic (exact) mass is 1110 g/mol. The zero-order chi connectivity index (χ0) is 57.8. The molecule has 6 nitrogen and oxygen atoms in total. The standard InChI is InChI=1S/C74H126O6/c1-4-7-10-13-16-19-22-25-27-29-30-31-32-33-34-35-36-37-38-39-40-41-42-43-44-46-47-49-52-55-58-61-64-67-73(76)79-70-71(69-78-72(75)66-63-60-57-54-51-24-21-18-15-12-9-6-3)80-74(77)68-65-62-59-56-53-50-48-45-28-26-23-20-17-14-11-8-5-2/h7,10,16,19,25,27,30-31,33-34,36-37,39-40,42-43,46-47,71H,4-6,8-9,11-15,17-18,20-24,26,28-29,32,35,38,41,44-45,48-70H2,1-3H3/b10-7-,19-16-,27-25-,31-30-,34-33-,37-36-,40-39-,43-42-,47-46-. The Labute approximate surface area is 495 Å². The largest absolute Gasteiger partial charge is 0.462 e. The molecule has 0 amide bonds. The fourth-order valence-corrected chi connectivity index (χ4v) is 9.50. The number of hydrogen-bond donors (Lipinski definition) is 0. The molecule has 458 valence electrons. The molecule has 0 aliphatic carbocycles. The van der Waals surface area contributed by atoms with Crippen molar-refractivity contribution < 1.29 is 28.6 Å². The summed E-state index contributed by atoms with van der Waals surface area (Å²) in [6.45, 7) is 6.54. The van der Waals surface area contributed by atoms with E-state index in [9.17, 15) is 14.4 Å². The van der Waals surface area contributed by atoms with Crippen LogP contribution >= 0.6 is 0 Å². The van der Waals surface area contributed by atoms with E-state index in [1.165, 1.54) is 148 Å². The van der Waals surface area contributed by atoms with Gasteiger partial charge in [0.1, 0.15) is 13.2 Å². The maximum Gasteiger partial charge on any atom is 0.306 e. The highest BCUT2D eigenvalue weighted by Gasteiger charge is 2.19. The summed E-state index contributed by atoms with van der Waals surface area (Å²) in [7, 11) is 0. The first-order valence-electron chi connectivity index (χ1n) is 33.9. The fourth-order valence-electron chi connectivity index (χ4n) is 9.50. The SMILES string of the molecule is CC/C=C\C/C=C\C/C=C\C/C=C\C/C=C\C/C=C\C/C=C\C/C=C\C/C=C\CCCCCCCC(=O)OCC(COC(=O)CCCCCCCCCCCCCC)OC(=O)CCCCCCCCCCCCCCCCCCC. The third-order valence-electron chi connectivity index (χ3n) is 14.5. The van der Waals surface area contributed by atoms with Gasteiger partial charge >= 0.3 is 17.9 Å². The van der Waals surface area contributed by atoms with Crippen molar-refractivity contribution >= 4 is 17.9 Å². The number of ether oxygens (including phenoxy) is 3. The van der Waals surface area contributed by atoms with E-state index in [4.69, 9.17) is 14.2 Å². The Morgan fingerprint density at radius 1 is 0.263 bits per heavy atom. The van der Waals surface area contributed by atoms with Gasteiger partial charge in [-0.15, -0.1) is 0 Å². The van der Waals surface area contributed by atoms with E-state index >= 15 is 0 Å². The molecule has 0 aliphatic heterocycles. The average Bonchev–Trinajstić information content (AvgIpc) is 3.46. The molecule has 0 bridgehead atoms. The minimum Gasteiger partial charge on any atom is -0.462 e. The molecule has 0 saturated carbocycles. The lowest BCUT2D eigenvalue weighted by atomic mass is 10.0. The summed E-state index contributed by atoms with van der Waals surface area (Å²) in [5, 5.41) is 0. The van der Waals surface area contributed by atoms with Crippen molar-refractivity contribution in [1.29, 1.82) is 0 Å². The Balaban J connectivity index is 4.29. The molecule has 0 rings (SSSR count). The summed E-state index contributed by atoms with van der Waals surface area (Å²) in [6, 6.07) is 0. The molecule has 0 fully saturated rings. The molecule has 1 atom stereocenters. The van der Waals surface area contributed by atoms with Crippen molar-refractivity contribution in [2.24, 2.45) is 0 Å². The third-order valence-corrected chi connectivity index (χ3v) is 14.5. The van der Waals surface area contributed by atoms with Gasteiger partial charge in [-0.1, -0.05) is 323 Å². The quantitative estimate of drug-likeness (QED) is 0.0261. The van der Waals surface area contributed by atoms with Crippen LogP contribution in [0.1, 0.15) is 323 Å². The number of allylic oxidation sites excluding steroid dienone is 18. The zero-order valence-corrected chi connectivity index (χ0v) is 52.6. The molecule has 0 aromatic carbocycles. The van der Waals surface area contributed by atoms with E-state index in [1.807, 2.05) is 0 Å². The van der Waals surface area contributed by atoms with Gasteiger partial charge in [-0.3, -0.25) is 14.4 Å². The first kappa shape index (κ1) is 76.1. The van der Waals surface area contributed by atoms with Crippen LogP contribution < -0.4 is 0 Å². The Morgan fingerprint density at radius 2 is 0.487 bits per heavy atom. The molecule has 0 heterocycles. The molecule has 0 N–H and O–H groups in total. The van der Waals surface area contributed by atoms with Gasteiger partial charge in [0.25, 0.3) is 0 Å². The Morgan fingerprint density at radius 3 is 0.762 bits per heavy atom. The minimum absolute atomic E-state index is 0.0798. The topological polar surface area (TPSA) is 78.9 Å². The summed E-state index contributed by atoms with van der Waals surface area (Å²) in [5.74, 6) is -0.887. The highest BCUT2D eigenvalue weighted by Crippen LogP contribution is 2.17. The van der Waals surface area contributed by atoms with Crippen LogP contribution in [0.5, 0.6) is 0 Å². The average molecular weight is 1110 g/mol. The maximum absolute atomic E-state index is 12.9. The Bertz CT molecular complexity index is 1610. The summed E-state index contributed by atoms with van der Waals surface area (Å²) in [5.41, 5.74) is 0. The lowest BCUT2D eigenvalue weighted by Gasteiger charge is -2.18. The second-order valence-corrected chi connectivity index (χ2v) is 22.4. The van der Waals surface area contributed by atoms with E-state index in [0.717, 1.165) is 135 Å². The van der Waals surface area contributed by atoms with E-state index < -0.39 is 6.10 Å². The normalized spacial score (nSPS) is 12.8. The van der Waals surface area contributed by atoms with Gasteiger partial charge < -0.3 is 14.2 Å². The molecule has 80 heavy (non-hydrogen) atoms. The van der Waals surface area contributed by atoms with Crippen LogP contribution in [0.2, 0.25) is 0 Å². The Hall–Kier alpha value is -3.93. The van der Waals surface area contributed by atoms with Crippen LogP contribution in [-0.2, 0) is 28.6 Å². The van der Waals surface area contributed by atoms with Gasteiger partial charge in [0, 0.05) is 19.3 Å². The van der Waals surface area contributed by atoms with Crippen molar-refractivity contribution in [3.05, 3.63) is 109 Å². The molecule has 0 aromatic heterocycles. The highest BCUT2D eigenvalue weighted by atomic mass is 16.6. The molecular weight excluding hydrogens is 985 g/mol. The van der Waals surface area contributed by atoms with Gasteiger partial charge in [-0.25, -0.2) is 0 Å². The van der Waals surface area contributed by atoms with Crippen molar-refractivity contribution in [1.82, 2.24) is 0 Å². The van der Waals surface area contributed by atoms with Gasteiger partial charge in [0.2, 0.25) is 0 Å². The molecule has 0 aromatic rings. The van der Waals surface area contributed by atoms with E-state index in [1.54, 1.807) is 0 Å². The second-order valence-electron chi connectivity index (χ2n) is 22.4. The van der Waals surface area contributed by atoms with E-state index in [0.29, 0.717) is 19.3 Å². The van der Waals surface area contributed by atoms with Crippen LogP contribution in [0.25, 0.3) is 0 Å². The zero-order valence-electron chi connectivity index (χ0n) is 52.6. The number of esters is 3. The second kappa shape index (κ2) is 67.6. The summed E-state index contributed by atoms with van der Waals surface area (Å²) in [4.78, 5) is 38.3. The van der Waals surface area contributed by atoms with Crippen LogP contribution in [0.3, 0.4) is 0 Å². The molecule has 0 spiro atoms. The van der Waals surface area contributed by atoms with Crippen LogP contribution in [0, 0.1) is 0 Å². The van der Waals surface area contributed by atoms with Gasteiger partial charge in [0.15, 0.2) is 6.10 Å². The molecule has 6 heteroatoms. The van der Waals surface area contributed by atoms with Crippen LogP contribution in [0.4, 0.5) is 0 Å². The first-order chi connectivity index (χ1) is 39.5. The molecule has 1 unspecified atom stereocenters. The predicted octanol–water partition coefficient (Wildman–Crippen LogP) is 23.4. The minimum atomic E-state index is -0.784. The highest BCUT2D eigenvalue weighted by molar-refractivity contribution is 5.71. The third kappa shape index (κ3) is 64.9. The maximum atomic E-state index is 12.9. The summed E-state index contributed by atoms with van der Waals surface area (Å²) in [6.07, 6.45) is 92.4. The first-order valence-corrected chi connectivity index (χ1v) is 33.9. The van der Waals surface area contributed by atoms with Crippen molar-refractivity contribution in [3.8, 4) is 0 Å². The number of unbranched alkanes of at least 4 members (excludes halogenated alkanes) is 32. The fraction of sp³-hybridized carbons (Fsp3) is 0.716. The number of carbonyl (C=O) groups excluding carboxylic acids is 3. The van der Waals surface area contributed by atoms with Gasteiger partial charge in [-0.05, 0) is 89.9 Å².